The fraction of sp³-hybridized carbons (Fsp3) is 0.200. The van der Waals surface area contributed by atoms with Gasteiger partial charge in [0.1, 0.15) is 5.82 Å². The molecule has 5 heteroatoms. The lowest BCUT2D eigenvalue weighted by Crippen LogP contribution is -2.04. The van der Waals surface area contributed by atoms with Gasteiger partial charge < -0.3 is 10.1 Å². The van der Waals surface area contributed by atoms with E-state index in [0.29, 0.717) is 12.7 Å². The van der Waals surface area contributed by atoms with E-state index in [9.17, 15) is 13.2 Å². The third-order valence-electron chi connectivity index (χ3n) is 2.78. The molecule has 2 aromatic rings. The van der Waals surface area contributed by atoms with Crippen LogP contribution < -0.4 is 5.32 Å². The summed E-state index contributed by atoms with van der Waals surface area (Å²) in [6.45, 7) is 0.730. The van der Waals surface area contributed by atoms with Crippen molar-refractivity contribution in [3.63, 3.8) is 0 Å². The topological polar surface area (TPSA) is 21.3 Å². The van der Waals surface area contributed by atoms with Crippen molar-refractivity contribution in [2.24, 2.45) is 0 Å². The first-order valence-electron chi connectivity index (χ1n) is 6.05. The van der Waals surface area contributed by atoms with Crippen molar-refractivity contribution in [1.82, 2.24) is 0 Å². The molecule has 0 heterocycles. The van der Waals surface area contributed by atoms with Gasteiger partial charge in [0.2, 0.25) is 0 Å². The van der Waals surface area contributed by atoms with Gasteiger partial charge in [-0.15, -0.1) is 0 Å². The summed E-state index contributed by atoms with van der Waals surface area (Å²) in [6, 6.07) is 8.89. The molecule has 2 rings (SSSR count). The highest BCUT2D eigenvalue weighted by Crippen LogP contribution is 2.20. The average molecular weight is 281 g/mol. The summed E-state index contributed by atoms with van der Waals surface area (Å²) in [4.78, 5) is 0. The van der Waals surface area contributed by atoms with Gasteiger partial charge in [-0.3, -0.25) is 0 Å². The van der Waals surface area contributed by atoms with Crippen LogP contribution in [0.2, 0.25) is 0 Å². The molecule has 2 aromatic carbocycles. The molecule has 0 amide bonds. The Morgan fingerprint density at radius 3 is 2.55 bits per heavy atom. The Bertz CT molecular complexity index is 602. The fourth-order valence-electron chi connectivity index (χ4n) is 1.88. The highest BCUT2D eigenvalue weighted by atomic mass is 19.2. The molecule has 106 valence electrons. The first-order chi connectivity index (χ1) is 9.60. The van der Waals surface area contributed by atoms with Crippen molar-refractivity contribution < 1.29 is 17.9 Å². The molecular weight excluding hydrogens is 267 g/mol. The molecule has 0 aromatic heterocycles. The van der Waals surface area contributed by atoms with Crippen LogP contribution in [0.1, 0.15) is 11.1 Å². The van der Waals surface area contributed by atoms with Crippen LogP contribution in [0.3, 0.4) is 0 Å². The third-order valence-corrected chi connectivity index (χ3v) is 2.78. The molecule has 20 heavy (non-hydrogen) atoms. The minimum absolute atomic E-state index is 0.195. The number of ether oxygens (including phenoxy) is 1. The van der Waals surface area contributed by atoms with Gasteiger partial charge in [-0.05, 0) is 11.1 Å². The number of hydrogen-bond donors (Lipinski definition) is 1. The Morgan fingerprint density at radius 2 is 1.80 bits per heavy atom. The van der Waals surface area contributed by atoms with Crippen LogP contribution in [0.5, 0.6) is 0 Å². The van der Waals surface area contributed by atoms with E-state index in [2.05, 4.69) is 5.32 Å². The molecule has 0 aliphatic rings. The van der Waals surface area contributed by atoms with Crippen LogP contribution in [0.25, 0.3) is 0 Å². The Labute approximate surface area is 115 Å². The lowest BCUT2D eigenvalue weighted by molar-refractivity contribution is 0.185. The highest BCUT2D eigenvalue weighted by molar-refractivity contribution is 5.46. The van der Waals surface area contributed by atoms with Crippen molar-refractivity contribution in [1.29, 1.82) is 0 Å². The standard InChI is InChI=1S/C15H14F3NO/c1-20-9-11-4-2-3-10(5-11)8-19-14-7-12(16)6-13(17)15(14)18/h2-7,19H,8-9H2,1H3. The summed E-state index contributed by atoms with van der Waals surface area (Å²) < 4.78 is 44.6. The minimum atomic E-state index is -1.21. The average Bonchev–Trinajstić information content (AvgIpc) is 2.42. The van der Waals surface area contributed by atoms with Crippen LogP contribution in [0, 0.1) is 17.5 Å². The largest absolute Gasteiger partial charge is 0.380 e. The Hall–Kier alpha value is -2.01. The molecule has 0 unspecified atom stereocenters. The molecule has 1 N–H and O–H groups in total. The van der Waals surface area contributed by atoms with Gasteiger partial charge >= 0.3 is 0 Å². The maximum atomic E-state index is 13.5. The van der Waals surface area contributed by atoms with E-state index >= 15 is 0 Å². The van der Waals surface area contributed by atoms with E-state index in [1.54, 1.807) is 7.11 Å². The summed E-state index contributed by atoms with van der Waals surface area (Å²) in [7, 11) is 1.59. The monoisotopic (exact) mass is 281 g/mol. The van der Waals surface area contributed by atoms with Crippen LogP contribution in [0.15, 0.2) is 36.4 Å². The molecular formula is C15H14F3NO. The van der Waals surface area contributed by atoms with Crippen molar-refractivity contribution in [3.8, 4) is 0 Å². The first kappa shape index (κ1) is 14.4. The third kappa shape index (κ3) is 3.51. The van der Waals surface area contributed by atoms with E-state index in [1.165, 1.54) is 0 Å². The fourth-order valence-corrected chi connectivity index (χ4v) is 1.88. The van der Waals surface area contributed by atoms with Crippen molar-refractivity contribution in [2.45, 2.75) is 13.2 Å². The molecule has 0 fully saturated rings. The smallest absolute Gasteiger partial charge is 0.182 e. The number of benzene rings is 2. The van der Waals surface area contributed by atoms with E-state index in [1.807, 2.05) is 24.3 Å². The second kappa shape index (κ2) is 6.43. The summed E-state index contributed by atoms with van der Waals surface area (Å²) in [6.07, 6.45) is 0. The maximum Gasteiger partial charge on any atom is 0.182 e. The van der Waals surface area contributed by atoms with Gasteiger partial charge in [0.15, 0.2) is 11.6 Å². The number of hydrogen-bond acceptors (Lipinski definition) is 2. The van der Waals surface area contributed by atoms with Gasteiger partial charge in [-0.1, -0.05) is 24.3 Å². The molecule has 0 spiro atoms. The van der Waals surface area contributed by atoms with Crippen LogP contribution in [-0.2, 0) is 17.9 Å². The molecule has 0 radical (unpaired) electrons. The molecule has 0 atom stereocenters. The summed E-state index contributed by atoms with van der Waals surface area (Å²) >= 11 is 0. The number of nitrogens with one attached hydrogen (secondary N) is 1. The van der Waals surface area contributed by atoms with Crippen LogP contribution in [0.4, 0.5) is 18.9 Å². The Kier molecular flexibility index (Phi) is 4.63. The Balaban J connectivity index is 2.10. The predicted octanol–water partition coefficient (Wildman–Crippen LogP) is 3.86. The SMILES string of the molecule is COCc1cccc(CNc2cc(F)cc(F)c2F)c1. The van der Waals surface area contributed by atoms with Crippen LogP contribution >= 0.6 is 0 Å². The lowest BCUT2D eigenvalue weighted by atomic mass is 10.1. The zero-order valence-corrected chi connectivity index (χ0v) is 10.9. The zero-order valence-electron chi connectivity index (χ0n) is 10.9. The van der Waals surface area contributed by atoms with E-state index in [0.717, 1.165) is 17.2 Å². The molecule has 0 saturated carbocycles. The lowest BCUT2D eigenvalue weighted by Gasteiger charge is -2.09. The van der Waals surface area contributed by atoms with Crippen LogP contribution in [-0.4, -0.2) is 7.11 Å². The summed E-state index contributed by atoms with van der Waals surface area (Å²) in [5, 5.41) is 2.68. The first-order valence-corrected chi connectivity index (χ1v) is 6.05. The number of rotatable bonds is 5. The Morgan fingerprint density at radius 1 is 1.05 bits per heavy atom. The highest BCUT2D eigenvalue weighted by Gasteiger charge is 2.10. The molecule has 2 nitrogen and oxygen atoms in total. The van der Waals surface area contributed by atoms with E-state index < -0.39 is 17.5 Å². The number of methoxy groups -OCH3 is 1. The molecule has 0 aliphatic heterocycles. The quantitative estimate of drug-likeness (QED) is 0.840. The zero-order chi connectivity index (χ0) is 14.5. The van der Waals surface area contributed by atoms with E-state index in [-0.39, 0.29) is 12.2 Å². The second-order valence-electron chi connectivity index (χ2n) is 4.36. The predicted molar refractivity (Wildman–Crippen MR) is 70.8 cm³/mol. The van der Waals surface area contributed by atoms with Gasteiger partial charge in [0.25, 0.3) is 0 Å². The van der Waals surface area contributed by atoms with Crippen molar-refractivity contribution in [3.05, 3.63) is 65.0 Å². The summed E-state index contributed by atoms with van der Waals surface area (Å²) in [5.74, 6) is -3.11. The number of halogens is 3. The van der Waals surface area contributed by atoms with Gasteiger partial charge in [-0.25, -0.2) is 13.2 Å². The minimum Gasteiger partial charge on any atom is -0.380 e. The van der Waals surface area contributed by atoms with Gasteiger partial charge in [0.05, 0.1) is 12.3 Å². The second-order valence-corrected chi connectivity index (χ2v) is 4.36. The van der Waals surface area contributed by atoms with Gasteiger partial charge in [0, 0.05) is 25.8 Å². The summed E-state index contributed by atoms with van der Waals surface area (Å²) in [5.41, 5.74) is 1.64. The molecule has 0 aliphatic carbocycles. The number of anilines is 1. The van der Waals surface area contributed by atoms with Crippen molar-refractivity contribution in [2.75, 3.05) is 12.4 Å². The molecule has 0 bridgehead atoms. The molecule has 0 saturated heterocycles. The van der Waals surface area contributed by atoms with E-state index in [4.69, 9.17) is 4.74 Å². The maximum absolute atomic E-state index is 13.5. The normalized spacial score (nSPS) is 10.6. The van der Waals surface area contributed by atoms with Crippen molar-refractivity contribution >= 4 is 5.69 Å². The van der Waals surface area contributed by atoms with Gasteiger partial charge in [-0.2, -0.15) is 0 Å².